The van der Waals surface area contributed by atoms with Crippen molar-refractivity contribution in [2.45, 2.75) is 64.7 Å². The predicted molar refractivity (Wildman–Crippen MR) is 127 cm³/mol. The van der Waals surface area contributed by atoms with Crippen LogP contribution in [0, 0.1) is 11.8 Å². The molecule has 0 heterocycles. The molecule has 0 bridgehead atoms. The Morgan fingerprint density at radius 3 is 1.97 bits per heavy atom. The molecule has 3 rings (SSSR count). The Bertz CT molecular complexity index is 807. The average molecular weight is 441 g/mol. The van der Waals surface area contributed by atoms with Crippen molar-refractivity contribution in [3.05, 3.63) is 60.7 Å². The fourth-order valence-electron chi connectivity index (χ4n) is 4.87. The number of carbonyl (C=O) groups is 1. The summed E-state index contributed by atoms with van der Waals surface area (Å²) in [7, 11) is -2.75. The van der Waals surface area contributed by atoms with Crippen LogP contribution in [0.2, 0.25) is 5.04 Å². The number of ether oxygens (including phenoxy) is 1. The first-order valence-electron chi connectivity index (χ1n) is 11.3. The summed E-state index contributed by atoms with van der Waals surface area (Å²) in [5.74, 6) is -0.633. The van der Waals surface area contributed by atoms with E-state index in [1.165, 1.54) is 10.4 Å². The number of rotatable bonds is 6. The Balaban J connectivity index is 2.09. The van der Waals surface area contributed by atoms with Crippen LogP contribution in [0.1, 0.15) is 47.5 Å². The van der Waals surface area contributed by atoms with E-state index < -0.39 is 14.4 Å². The van der Waals surface area contributed by atoms with Crippen LogP contribution in [0.15, 0.2) is 60.7 Å². The summed E-state index contributed by atoms with van der Waals surface area (Å²) in [6.45, 7) is 10.9. The third-order valence-corrected chi connectivity index (χ3v) is 11.7. The van der Waals surface area contributed by atoms with E-state index in [4.69, 9.17) is 9.16 Å². The number of hydrogen-bond donors (Lipinski definition) is 1. The zero-order valence-electron chi connectivity index (χ0n) is 19.4. The number of esters is 1. The van der Waals surface area contributed by atoms with Crippen molar-refractivity contribution in [1.82, 2.24) is 0 Å². The van der Waals surface area contributed by atoms with E-state index in [1.807, 2.05) is 26.0 Å². The first-order valence-corrected chi connectivity index (χ1v) is 13.2. The fourth-order valence-corrected chi connectivity index (χ4v) is 9.65. The van der Waals surface area contributed by atoms with Gasteiger partial charge >= 0.3 is 5.97 Å². The molecule has 0 amide bonds. The zero-order valence-corrected chi connectivity index (χ0v) is 20.4. The molecule has 0 radical (unpaired) electrons. The molecular weight excluding hydrogens is 404 g/mol. The quantitative estimate of drug-likeness (QED) is 0.547. The van der Waals surface area contributed by atoms with Crippen LogP contribution < -0.4 is 10.4 Å². The third kappa shape index (κ3) is 4.79. The van der Waals surface area contributed by atoms with Gasteiger partial charge in [-0.1, -0.05) is 88.4 Å². The van der Waals surface area contributed by atoms with Crippen molar-refractivity contribution in [2.24, 2.45) is 11.8 Å². The topological polar surface area (TPSA) is 55.8 Å². The van der Waals surface area contributed by atoms with E-state index in [2.05, 4.69) is 69.3 Å². The molecule has 1 N–H and O–H groups in total. The van der Waals surface area contributed by atoms with Crippen LogP contribution in [0.25, 0.3) is 0 Å². The van der Waals surface area contributed by atoms with Crippen molar-refractivity contribution in [1.29, 1.82) is 0 Å². The van der Waals surface area contributed by atoms with Crippen LogP contribution in [-0.2, 0) is 14.0 Å². The molecule has 0 aliphatic heterocycles. The average Bonchev–Trinajstić information content (AvgIpc) is 2.75. The molecule has 2 aromatic rings. The molecule has 0 saturated heterocycles. The second kappa shape index (κ2) is 9.68. The summed E-state index contributed by atoms with van der Waals surface area (Å²) in [5.41, 5.74) is 0. The van der Waals surface area contributed by atoms with E-state index in [9.17, 15) is 9.90 Å². The van der Waals surface area contributed by atoms with Crippen molar-refractivity contribution in [2.75, 3.05) is 6.61 Å². The monoisotopic (exact) mass is 440 g/mol. The molecular formula is C26H36O4Si. The highest BCUT2D eigenvalue weighted by molar-refractivity contribution is 6.99. The largest absolute Gasteiger partial charge is 0.466 e. The van der Waals surface area contributed by atoms with Gasteiger partial charge in [-0.2, -0.15) is 0 Å². The second-order valence-corrected chi connectivity index (χ2v) is 13.9. The van der Waals surface area contributed by atoms with Gasteiger partial charge in [-0.25, -0.2) is 0 Å². The van der Waals surface area contributed by atoms with Crippen molar-refractivity contribution >= 4 is 24.7 Å². The fraction of sp³-hybridized carbons (Fsp3) is 0.500. The van der Waals surface area contributed by atoms with Crippen LogP contribution in [0.4, 0.5) is 0 Å². The summed E-state index contributed by atoms with van der Waals surface area (Å²) < 4.78 is 12.5. The van der Waals surface area contributed by atoms with Gasteiger partial charge in [0.05, 0.1) is 24.7 Å². The van der Waals surface area contributed by atoms with E-state index in [1.54, 1.807) is 0 Å². The molecule has 0 spiro atoms. The van der Waals surface area contributed by atoms with Crippen molar-refractivity contribution < 1.29 is 19.1 Å². The number of aliphatic hydroxyl groups is 1. The molecule has 0 unspecified atom stereocenters. The first-order chi connectivity index (χ1) is 14.7. The van der Waals surface area contributed by atoms with Crippen molar-refractivity contribution in [3.8, 4) is 0 Å². The Morgan fingerprint density at radius 2 is 1.52 bits per heavy atom. The van der Waals surface area contributed by atoms with E-state index in [0.29, 0.717) is 19.4 Å². The summed E-state index contributed by atoms with van der Waals surface area (Å²) in [6.07, 6.45) is 0.179. The molecule has 1 aliphatic carbocycles. The molecule has 2 aromatic carbocycles. The van der Waals surface area contributed by atoms with Gasteiger partial charge in [0.2, 0.25) is 0 Å². The van der Waals surface area contributed by atoms with Crippen molar-refractivity contribution in [3.63, 3.8) is 0 Å². The Morgan fingerprint density at radius 1 is 1.00 bits per heavy atom. The molecule has 1 saturated carbocycles. The number of aliphatic hydroxyl groups excluding tert-OH is 1. The van der Waals surface area contributed by atoms with Crippen LogP contribution in [0.3, 0.4) is 0 Å². The second-order valence-electron chi connectivity index (χ2n) is 9.67. The zero-order chi connectivity index (χ0) is 22.6. The van der Waals surface area contributed by atoms with Crippen LogP contribution in [0.5, 0.6) is 0 Å². The van der Waals surface area contributed by atoms with Gasteiger partial charge in [0, 0.05) is 5.92 Å². The maximum Gasteiger partial charge on any atom is 0.309 e. The lowest BCUT2D eigenvalue weighted by molar-refractivity contribution is -0.154. The first kappa shape index (κ1) is 23.7. The normalized spacial score (nSPS) is 24.6. The van der Waals surface area contributed by atoms with Gasteiger partial charge in [0.25, 0.3) is 8.32 Å². The van der Waals surface area contributed by atoms with Gasteiger partial charge in [-0.15, -0.1) is 0 Å². The smallest absolute Gasteiger partial charge is 0.309 e. The maximum absolute atomic E-state index is 12.5. The summed E-state index contributed by atoms with van der Waals surface area (Å²) in [6, 6.07) is 21.0. The predicted octanol–water partition coefficient (Wildman–Crippen LogP) is 3.90. The lowest BCUT2D eigenvalue weighted by Gasteiger charge is -2.48. The standard InChI is InChI=1S/C26H36O4Si/c1-6-29-25(28)20-17-23(27)19(2)24(18-20)30-31(26(3,4)5,21-13-9-7-10-14-21)22-15-11-8-12-16-22/h7-16,19-20,23-24,27H,6,17-18H2,1-5H3/t19-,20+,23+,24+/m1/s1. The lowest BCUT2D eigenvalue weighted by Crippen LogP contribution is -2.68. The van der Waals surface area contributed by atoms with Crippen LogP contribution in [-0.4, -0.2) is 38.2 Å². The molecule has 168 valence electrons. The highest BCUT2D eigenvalue weighted by Gasteiger charge is 2.53. The minimum absolute atomic E-state index is 0.0627. The van der Waals surface area contributed by atoms with Gasteiger partial charge in [-0.3, -0.25) is 4.79 Å². The molecule has 4 nitrogen and oxygen atoms in total. The Labute approximate surface area is 187 Å². The summed E-state index contributed by atoms with van der Waals surface area (Å²) in [4.78, 5) is 12.5. The molecule has 0 aromatic heterocycles. The lowest BCUT2D eigenvalue weighted by atomic mass is 9.79. The number of carbonyl (C=O) groups excluding carboxylic acids is 1. The molecule has 31 heavy (non-hydrogen) atoms. The third-order valence-electron chi connectivity index (χ3n) is 6.60. The Hall–Kier alpha value is -1.95. The maximum atomic E-state index is 12.5. The van der Waals surface area contributed by atoms with Gasteiger partial charge in [-0.05, 0) is 35.2 Å². The van der Waals surface area contributed by atoms with Gasteiger partial charge in [0.1, 0.15) is 0 Å². The highest BCUT2D eigenvalue weighted by Crippen LogP contribution is 2.41. The summed E-state index contributed by atoms with van der Waals surface area (Å²) >= 11 is 0. The molecule has 4 atom stereocenters. The van der Waals surface area contributed by atoms with E-state index in [0.717, 1.165) is 0 Å². The minimum Gasteiger partial charge on any atom is -0.466 e. The molecule has 1 aliphatic rings. The summed E-state index contributed by atoms with van der Waals surface area (Å²) in [5, 5.41) is 13.1. The minimum atomic E-state index is -2.75. The van der Waals surface area contributed by atoms with Gasteiger partial charge < -0.3 is 14.3 Å². The molecule has 1 fully saturated rings. The Kier molecular flexibility index (Phi) is 7.40. The van der Waals surface area contributed by atoms with Crippen LogP contribution >= 0.6 is 0 Å². The van der Waals surface area contributed by atoms with Gasteiger partial charge in [0.15, 0.2) is 0 Å². The van der Waals surface area contributed by atoms with E-state index >= 15 is 0 Å². The molecule has 5 heteroatoms. The van der Waals surface area contributed by atoms with E-state index in [-0.39, 0.29) is 28.9 Å². The number of hydrogen-bond acceptors (Lipinski definition) is 4. The SMILES string of the molecule is CCOC(=O)[C@@H]1C[C@H](O[Si](c2ccccc2)(c2ccccc2)C(C)(C)C)[C@H](C)[C@@H](O)C1. The highest BCUT2D eigenvalue weighted by atomic mass is 28.4. The number of benzene rings is 2.